The van der Waals surface area contributed by atoms with Gasteiger partial charge in [-0.25, -0.2) is 4.99 Å². The van der Waals surface area contributed by atoms with Crippen molar-refractivity contribution in [3.63, 3.8) is 0 Å². The quantitative estimate of drug-likeness (QED) is 0.358. The van der Waals surface area contributed by atoms with E-state index in [9.17, 15) is 9.59 Å². The summed E-state index contributed by atoms with van der Waals surface area (Å²) in [5.74, 6) is 0.792. The molecule has 1 rings (SSSR count). The van der Waals surface area contributed by atoms with Gasteiger partial charge in [0.2, 0.25) is 11.8 Å². The third kappa shape index (κ3) is 7.67. The highest BCUT2D eigenvalue weighted by atomic mass is 127. The second-order valence-corrected chi connectivity index (χ2v) is 6.23. The molecule has 0 bridgehead atoms. The van der Waals surface area contributed by atoms with Gasteiger partial charge in [0, 0.05) is 45.7 Å². The minimum absolute atomic E-state index is 0. The molecule has 0 aliphatic carbocycles. The number of halogens is 1. The van der Waals surface area contributed by atoms with Crippen molar-refractivity contribution < 1.29 is 9.59 Å². The van der Waals surface area contributed by atoms with Crippen molar-refractivity contribution >= 4 is 41.8 Å². The molecule has 1 aliphatic heterocycles. The van der Waals surface area contributed by atoms with Crippen LogP contribution in [0.4, 0.5) is 0 Å². The summed E-state index contributed by atoms with van der Waals surface area (Å²) in [5.41, 5.74) is 0. The molecule has 2 atom stereocenters. The molecule has 0 aromatic heterocycles. The van der Waals surface area contributed by atoms with Gasteiger partial charge in [0.15, 0.2) is 5.96 Å². The molecular weight excluding hydrogens is 421 g/mol. The van der Waals surface area contributed by atoms with Crippen molar-refractivity contribution in [1.29, 1.82) is 0 Å². The highest BCUT2D eigenvalue weighted by molar-refractivity contribution is 14.0. The van der Waals surface area contributed by atoms with E-state index in [1.165, 1.54) is 4.90 Å². The second kappa shape index (κ2) is 11.5. The van der Waals surface area contributed by atoms with Crippen LogP contribution < -0.4 is 10.6 Å². The van der Waals surface area contributed by atoms with Crippen molar-refractivity contribution in [3.8, 4) is 0 Å². The Balaban J connectivity index is 0.00000529. The van der Waals surface area contributed by atoms with Gasteiger partial charge >= 0.3 is 0 Å². The summed E-state index contributed by atoms with van der Waals surface area (Å²) in [6.45, 7) is 7.63. The van der Waals surface area contributed by atoms with Crippen LogP contribution in [-0.4, -0.2) is 73.4 Å². The summed E-state index contributed by atoms with van der Waals surface area (Å²) >= 11 is 0. The van der Waals surface area contributed by atoms with Gasteiger partial charge in [-0.2, -0.15) is 0 Å². The van der Waals surface area contributed by atoms with E-state index >= 15 is 0 Å². The first-order valence-electron chi connectivity index (χ1n) is 8.42. The number of nitrogens with one attached hydrogen (secondary N) is 2. The van der Waals surface area contributed by atoms with Crippen LogP contribution in [0.15, 0.2) is 4.99 Å². The molecule has 1 fully saturated rings. The molecule has 2 unspecified atom stereocenters. The fourth-order valence-corrected chi connectivity index (χ4v) is 2.28. The molecule has 1 aliphatic rings. The van der Waals surface area contributed by atoms with Crippen molar-refractivity contribution in [2.45, 2.75) is 52.1 Å². The zero-order valence-corrected chi connectivity index (χ0v) is 17.8. The number of carbonyl (C=O) groups is 2. The molecule has 0 radical (unpaired) electrons. The van der Waals surface area contributed by atoms with E-state index in [-0.39, 0.29) is 54.4 Å². The van der Waals surface area contributed by atoms with Gasteiger partial charge in [-0.3, -0.25) is 9.59 Å². The zero-order chi connectivity index (χ0) is 17.4. The fourth-order valence-electron chi connectivity index (χ4n) is 2.28. The van der Waals surface area contributed by atoms with Crippen LogP contribution in [0.25, 0.3) is 0 Å². The molecule has 0 aromatic carbocycles. The third-order valence-corrected chi connectivity index (χ3v) is 4.05. The largest absolute Gasteiger partial charge is 0.354 e. The van der Waals surface area contributed by atoms with E-state index in [1.807, 2.05) is 11.8 Å². The van der Waals surface area contributed by atoms with Crippen molar-refractivity contribution in [3.05, 3.63) is 0 Å². The average Bonchev–Trinajstić information content (AvgIpc) is 2.99. The summed E-state index contributed by atoms with van der Waals surface area (Å²) in [6, 6.07) is 0.445. The van der Waals surface area contributed by atoms with Gasteiger partial charge in [-0.05, 0) is 19.8 Å². The summed E-state index contributed by atoms with van der Waals surface area (Å²) in [6.07, 6.45) is 2.40. The molecular formula is C16H32IN5O2. The average molecular weight is 453 g/mol. The normalized spacial score (nSPS) is 18.6. The molecule has 0 saturated carbocycles. The number of likely N-dealkylation sites (tertiary alicyclic amines) is 1. The maximum Gasteiger partial charge on any atom is 0.243 e. The molecule has 1 heterocycles. The van der Waals surface area contributed by atoms with Gasteiger partial charge < -0.3 is 20.4 Å². The molecule has 8 heteroatoms. The number of nitrogens with zero attached hydrogens (tertiary/aromatic N) is 3. The number of carbonyl (C=O) groups excluding carboxylic acids is 2. The monoisotopic (exact) mass is 453 g/mol. The van der Waals surface area contributed by atoms with Gasteiger partial charge in [-0.15, -0.1) is 24.0 Å². The minimum Gasteiger partial charge on any atom is -0.354 e. The first-order valence-corrected chi connectivity index (χ1v) is 8.42. The highest BCUT2D eigenvalue weighted by Crippen LogP contribution is 2.10. The summed E-state index contributed by atoms with van der Waals surface area (Å²) in [4.78, 5) is 31.3. The molecule has 1 saturated heterocycles. The summed E-state index contributed by atoms with van der Waals surface area (Å²) in [5, 5.41) is 6.67. The third-order valence-electron chi connectivity index (χ3n) is 4.05. The van der Waals surface area contributed by atoms with Crippen molar-refractivity contribution in [2.75, 3.05) is 33.7 Å². The van der Waals surface area contributed by atoms with Crippen molar-refractivity contribution in [1.82, 2.24) is 20.4 Å². The van der Waals surface area contributed by atoms with Crippen LogP contribution in [0.3, 0.4) is 0 Å². The molecule has 7 nitrogen and oxygen atoms in total. The number of hydrogen-bond donors (Lipinski definition) is 2. The van der Waals surface area contributed by atoms with E-state index in [0.717, 1.165) is 19.4 Å². The number of aliphatic imine (C=N–C) groups is 1. The zero-order valence-electron chi connectivity index (χ0n) is 15.5. The van der Waals surface area contributed by atoms with Crippen LogP contribution in [0.2, 0.25) is 0 Å². The lowest BCUT2D eigenvalue weighted by atomic mass is 10.2. The Hall–Kier alpha value is -1.06. The van der Waals surface area contributed by atoms with Crippen LogP contribution in [0, 0.1) is 0 Å². The van der Waals surface area contributed by atoms with Gasteiger partial charge in [0.05, 0.1) is 0 Å². The Kier molecular flexibility index (Phi) is 11.0. The van der Waals surface area contributed by atoms with E-state index in [1.54, 1.807) is 14.1 Å². The smallest absolute Gasteiger partial charge is 0.243 e. The lowest BCUT2D eigenvalue weighted by molar-refractivity contribution is -0.130. The predicted octanol–water partition coefficient (Wildman–Crippen LogP) is 1.04. The number of guanidine groups is 1. The van der Waals surface area contributed by atoms with Gasteiger partial charge in [0.25, 0.3) is 0 Å². The summed E-state index contributed by atoms with van der Waals surface area (Å²) in [7, 11) is 3.44. The Morgan fingerprint density at radius 2 is 2.00 bits per heavy atom. The lowest BCUT2D eigenvalue weighted by Gasteiger charge is -2.21. The lowest BCUT2D eigenvalue weighted by Crippen LogP contribution is -2.48. The van der Waals surface area contributed by atoms with Gasteiger partial charge in [0.1, 0.15) is 6.54 Å². The maximum atomic E-state index is 11.8. The molecule has 0 spiro atoms. The molecule has 2 amide bonds. The van der Waals surface area contributed by atoms with Crippen LogP contribution in [-0.2, 0) is 9.59 Å². The fraction of sp³-hybridized carbons (Fsp3) is 0.812. The number of hydrogen-bond acceptors (Lipinski definition) is 3. The van der Waals surface area contributed by atoms with E-state index in [2.05, 4.69) is 29.5 Å². The van der Waals surface area contributed by atoms with Crippen LogP contribution >= 0.6 is 24.0 Å². The second-order valence-electron chi connectivity index (χ2n) is 6.23. The standard InChI is InChI=1S/C16H31N5O2.HI/c1-6-12(3)18-16(17-10-15(23)20(4)5)19-13-8-9-21(11-13)14(22)7-2;/h12-13H,6-11H2,1-5H3,(H2,17,18,19);1H. The SMILES string of the molecule is CCC(=O)N1CCC(NC(=NCC(=O)N(C)C)NC(C)CC)C1.I. The Morgan fingerprint density at radius 1 is 1.33 bits per heavy atom. The number of amides is 2. The Morgan fingerprint density at radius 3 is 2.54 bits per heavy atom. The number of rotatable bonds is 6. The minimum atomic E-state index is -0.0375. The first kappa shape index (κ1) is 22.9. The van der Waals surface area contributed by atoms with E-state index in [0.29, 0.717) is 18.9 Å². The van der Waals surface area contributed by atoms with E-state index in [4.69, 9.17) is 0 Å². The predicted molar refractivity (Wildman–Crippen MR) is 108 cm³/mol. The van der Waals surface area contributed by atoms with Gasteiger partial charge in [-0.1, -0.05) is 13.8 Å². The van der Waals surface area contributed by atoms with Crippen molar-refractivity contribution in [2.24, 2.45) is 4.99 Å². The molecule has 0 aromatic rings. The maximum absolute atomic E-state index is 11.8. The van der Waals surface area contributed by atoms with Crippen LogP contribution in [0.5, 0.6) is 0 Å². The highest BCUT2D eigenvalue weighted by Gasteiger charge is 2.26. The molecule has 140 valence electrons. The van der Waals surface area contributed by atoms with Crippen LogP contribution in [0.1, 0.15) is 40.0 Å². The Bertz CT molecular complexity index is 442. The number of likely N-dealkylation sites (N-methyl/N-ethyl adjacent to an activating group) is 1. The summed E-state index contributed by atoms with van der Waals surface area (Å²) < 4.78 is 0. The molecule has 24 heavy (non-hydrogen) atoms. The molecule has 2 N–H and O–H groups in total. The van der Waals surface area contributed by atoms with E-state index < -0.39 is 0 Å². The Labute approximate surface area is 162 Å². The topological polar surface area (TPSA) is 77.0 Å². The first-order chi connectivity index (χ1) is 10.9.